The molecule has 1 aromatic carbocycles. The first-order valence-corrected chi connectivity index (χ1v) is 8.00. The standard InChI is InChI=1S/C14H14O4S2/c1-9-10(6-13(19-9)14(15)16)8-20(17)12-5-3-4-11(7-12)18-2/h3-7H,8H2,1-2H3,(H,15,16). The van der Waals surface area contributed by atoms with Gasteiger partial charge in [-0.1, -0.05) is 6.07 Å². The zero-order valence-electron chi connectivity index (χ0n) is 11.1. The van der Waals surface area contributed by atoms with E-state index < -0.39 is 16.8 Å². The molecule has 20 heavy (non-hydrogen) atoms. The van der Waals surface area contributed by atoms with E-state index in [1.54, 1.807) is 37.4 Å². The number of aryl methyl sites for hydroxylation is 1. The molecule has 6 heteroatoms. The lowest BCUT2D eigenvalue weighted by molar-refractivity contribution is 0.0702. The number of methoxy groups -OCH3 is 1. The Morgan fingerprint density at radius 1 is 1.40 bits per heavy atom. The van der Waals surface area contributed by atoms with Gasteiger partial charge in [0.2, 0.25) is 0 Å². The predicted octanol–water partition coefficient (Wildman–Crippen LogP) is 3.07. The minimum absolute atomic E-state index is 0.278. The van der Waals surface area contributed by atoms with Crippen LogP contribution < -0.4 is 4.74 Å². The fraction of sp³-hybridized carbons (Fsp3) is 0.214. The van der Waals surface area contributed by atoms with Crippen molar-refractivity contribution in [1.82, 2.24) is 0 Å². The summed E-state index contributed by atoms with van der Waals surface area (Å²) in [7, 11) is 0.337. The molecule has 1 heterocycles. The van der Waals surface area contributed by atoms with E-state index in [9.17, 15) is 9.00 Å². The highest BCUT2D eigenvalue weighted by Crippen LogP contribution is 2.25. The molecule has 0 radical (unpaired) electrons. The van der Waals surface area contributed by atoms with Gasteiger partial charge >= 0.3 is 5.97 Å². The Bertz CT molecular complexity index is 661. The summed E-state index contributed by atoms with van der Waals surface area (Å²) >= 11 is 1.21. The Hall–Kier alpha value is -1.66. The van der Waals surface area contributed by atoms with E-state index in [4.69, 9.17) is 9.84 Å². The van der Waals surface area contributed by atoms with Crippen molar-refractivity contribution >= 4 is 28.1 Å². The van der Waals surface area contributed by atoms with Gasteiger partial charge in [-0.15, -0.1) is 11.3 Å². The van der Waals surface area contributed by atoms with Crippen molar-refractivity contribution in [2.45, 2.75) is 17.6 Å². The second-order valence-electron chi connectivity index (χ2n) is 4.17. The molecule has 0 aliphatic heterocycles. The van der Waals surface area contributed by atoms with Crippen molar-refractivity contribution in [2.75, 3.05) is 7.11 Å². The predicted molar refractivity (Wildman–Crippen MR) is 79.1 cm³/mol. The van der Waals surface area contributed by atoms with Crippen molar-refractivity contribution in [1.29, 1.82) is 0 Å². The number of hydrogen-bond donors (Lipinski definition) is 1. The maximum Gasteiger partial charge on any atom is 0.345 e. The van der Waals surface area contributed by atoms with Crippen LogP contribution in [0.5, 0.6) is 5.75 Å². The topological polar surface area (TPSA) is 63.6 Å². The molecule has 0 bridgehead atoms. The van der Waals surface area contributed by atoms with Crippen LogP contribution >= 0.6 is 11.3 Å². The summed E-state index contributed by atoms with van der Waals surface area (Å²) < 4.78 is 17.4. The average Bonchev–Trinajstić information content (AvgIpc) is 2.80. The van der Waals surface area contributed by atoms with Gasteiger partial charge in [-0.3, -0.25) is 4.21 Å². The van der Waals surface area contributed by atoms with Gasteiger partial charge in [0.05, 0.1) is 23.7 Å². The number of ether oxygens (including phenoxy) is 1. The van der Waals surface area contributed by atoms with Crippen LogP contribution in [-0.2, 0) is 16.6 Å². The number of carboxylic acids is 1. The number of carbonyl (C=O) groups is 1. The van der Waals surface area contributed by atoms with E-state index >= 15 is 0 Å². The maximum atomic E-state index is 12.3. The lowest BCUT2D eigenvalue weighted by atomic mass is 10.3. The summed E-state index contributed by atoms with van der Waals surface area (Å²) in [6.07, 6.45) is 0. The van der Waals surface area contributed by atoms with Crippen LogP contribution in [0.25, 0.3) is 0 Å². The minimum atomic E-state index is -1.22. The fourth-order valence-electron chi connectivity index (χ4n) is 1.74. The van der Waals surface area contributed by atoms with Gasteiger partial charge in [0.1, 0.15) is 10.6 Å². The Morgan fingerprint density at radius 2 is 2.15 bits per heavy atom. The highest BCUT2D eigenvalue weighted by atomic mass is 32.2. The van der Waals surface area contributed by atoms with Crippen LogP contribution in [-0.4, -0.2) is 22.4 Å². The van der Waals surface area contributed by atoms with Crippen LogP contribution in [0.1, 0.15) is 20.1 Å². The fourth-order valence-corrected chi connectivity index (χ4v) is 3.93. The van der Waals surface area contributed by atoms with Gasteiger partial charge in [-0.05, 0) is 36.8 Å². The maximum absolute atomic E-state index is 12.3. The van der Waals surface area contributed by atoms with Gasteiger partial charge in [-0.25, -0.2) is 4.79 Å². The van der Waals surface area contributed by atoms with E-state index in [1.807, 2.05) is 6.92 Å². The number of rotatable bonds is 5. The monoisotopic (exact) mass is 310 g/mol. The number of aromatic carboxylic acids is 1. The van der Waals surface area contributed by atoms with Gasteiger partial charge in [0.15, 0.2) is 0 Å². The summed E-state index contributed by atoms with van der Waals surface area (Å²) in [5.41, 5.74) is 0.813. The minimum Gasteiger partial charge on any atom is -0.497 e. The normalized spacial score (nSPS) is 12.1. The van der Waals surface area contributed by atoms with Crippen molar-refractivity contribution in [3.05, 3.63) is 45.6 Å². The molecule has 1 N–H and O–H groups in total. The molecule has 4 nitrogen and oxygen atoms in total. The van der Waals surface area contributed by atoms with Gasteiger partial charge in [-0.2, -0.15) is 0 Å². The summed E-state index contributed by atoms with van der Waals surface area (Å²) in [5.74, 6) is 0.0172. The lowest BCUT2D eigenvalue weighted by Gasteiger charge is -2.04. The highest BCUT2D eigenvalue weighted by molar-refractivity contribution is 7.84. The third kappa shape index (κ3) is 3.26. The molecule has 1 atom stereocenters. The van der Waals surface area contributed by atoms with Gasteiger partial charge in [0, 0.05) is 9.77 Å². The molecule has 1 unspecified atom stereocenters. The summed E-state index contributed by atoms with van der Waals surface area (Å²) in [5, 5.41) is 8.96. The molecule has 2 aromatic rings. The highest BCUT2D eigenvalue weighted by Gasteiger charge is 2.14. The second-order valence-corrected chi connectivity index (χ2v) is 6.87. The quantitative estimate of drug-likeness (QED) is 0.922. The number of hydrogen-bond acceptors (Lipinski definition) is 4. The SMILES string of the molecule is COc1cccc(S(=O)Cc2cc(C(=O)O)sc2C)c1. The third-order valence-electron chi connectivity index (χ3n) is 2.82. The Kier molecular flexibility index (Phi) is 4.57. The molecule has 0 saturated carbocycles. The molecule has 0 aliphatic carbocycles. The smallest absolute Gasteiger partial charge is 0.345 e. The molecule has 0 spiro atoms. The van der Waals surface area contributed by atoms with Crippen molar-refractivity contribution in [2.24, 2.45) is 0 Å². The van der Waals surface area contributed by atoms with Crippen LogP contribution in [0.4, 0.5) is 0 Å². The first kappa shape index (κ1) is 14.7. The number of benzene rings is 1. The molecule has 0 aliphatic rings. The second kappa shape index (κ2) is 6.19. The Labute approximate surface area is 123 Å². The zero-order chi connectivity index (χ0) is 14.7. The van der Waals surface area contributed by atoms with Crippen molar-refractivity contribution in [3.63, 3.8) is 0 Å². The van der Waals surface area contributed by atoms with Crippen molar-refractivity contribution in [3.8, 4) is 5.75 Å². The molecule has 1 aromatic heterocycles. The zero-order valence-corrected chi connectivity index (χ0v) is 12.7. The Balaban J connectivity index is 2.21. The molecule has 0 amide bonds. The van der Waals surface area contributed by atoms with E-state index in [2.05, 4.69) is 0 Å². The van der Waals surface area contributed by atoms with Gasteiger partial charge < -0.3 is 9.84 Å². The molecular weight excluding hydrogens is 296 g/mol. The van der Waals surface area contributed by atoms with Crippen LogP contribution in [0.15, 0.2) is 35.2 Å². The summed E-state index contributed by atoms with van der Waals surface area (Å²) in [6.45, 7) is 1.84. The number of thiophene rings is 1. The van der Waals surface area contributed by atoms with Crippen LogP contribution in [0.3, 0.4) is 0 Å². The molecular formula is C14H14O4S2. The molecule has 106 valence electrons. The number of carboxylic acid groups (broad SMARTS) is 1. The lowest BCUT2D eigenvalue weighted by Crippen LogP contribution is -1.97. The van der Waals surface area contributed by atoms with E-state index in [0.717, 1.165) is 10.4 Å². The largest absolute Gasteiger partial charge is 0.497 e. The first-order valence-electron chi connectivity index (χ1n) is 5.86. The molecule has 0 saturated heterocycles. The van der Waals surface area contributed by atoms with E-state index in [1.165, 1.54) is 11.3 Å². The van der Waals surface area contributed by atoms with Crippen LogP contribution in [0, 0.1) is 6.92 Å². The first-order chi connectivity index (χ1) is 9.51. The van der Waals surface area contributed by atoms with Gasteiger partial charge in [0.25, 0.3) is 0 Å². The van der Waals surface area contributed by atoms with Crippen molar-refractivity contribution < 1.29 is 18.8 Å². The third-order valence-corrected chi connectivity index (χ3v) is 5.26. The average molecular weight is 310 g/mol. The van der Waals surface area contributed by atoms with E-state index in [-0.39, 0.29) is 4.88 Å². The molecule has 2 rings (SSSR count). The van der Waals surface area contributed by atoms with Crippen LogP contribution in [0.2, 0.25) is 0 Å². The Morgan fingerprint density at radius 3 is 2.75 bits per heavy atom. The summed E-state index contributed by atoms with van der Waals surface area (Å²) in [6, 6.07) is 8.68. The van der Waals surface area contributed by atoms with E-state index in [0.29, 0.717) is 16.4 Å². The molecule has 0 fully saturated rings. The summed E-state index contributed by atoms with van der Waals surface area (Å²) in [4.78, 5) is 12.8.